The quantitative estimate of drug-likeness (QED) is 0.568. The van der Waals surface area contributed by atoms with E-state index >= 15 is 0 Å². The number of rotatable bonds is 10. The molecular weight excluding hydrogens is 370 g/mol. The highest BCUT2D eigenvalue weighted by molar-refractivity contribution is 7.12. The van der Waals surface area contributed by atoms with Crippen molar-refractivity contribution in [2.45, 2.75) is 32.9 Å². The molecule has 0 saturated carbocycles. The Kier molecular flexibility index (Phi) is 8.15. The van der Waals surface area contributed by atoms with Gasteiger partial charge in [0.1, 0.15) is 0 Å². The number of carbonyl (C=O) groups is 1. The second-order valence-electron chi connectivity index (χ2n) is 7.68. The maximum Gasteiger partial charge on any atom is 0.169 e. The Bertz CT molecular complexity index is 726. The number of ether oxygens (including phenoxy) is 1. The molecule has 0 bridgehead atoms. The van der Waals surface area contributed by atoms with Crippen molar-refractivity contribution in [1.29, 1.82) is 0 Å². The summed E-state index contributed by atoms with van der Waals surface area (Å²) < 4.78 is 5.21. The number of hydrogen-bond acceptors (Lipinski definition) is 6. The zero-order valence-corrected chi connectivity index (χ0v) is 17.8. The maximum absolute atomic E-state index is 11.6. The number of likely N-dealkylation sites (tertiary alicyclic amines) is 1. The summed E-state index contributed by atoms with van der Waals surface area (Å²) in [6.07, 6.45) is 6.19. The third-order valence-corrected chi connectivity index (χ3v) is 6.48. The Morgan fingerprint density at radius 1 is 1.25 bits per heavy atom. The van der Waals surface area contributed by atoms with Crippen LogP contribution in [0.2, 0.25) is 0 Å². The first kappa shape index (κ1) is 21.1. The monoisotopic (exact) mass is 401 g/mol. The van der Waals surface area contributed by atoms with Gasteiger partial charge in [-0.15, -0.1) is 11.3 Å². The minimum absolute atomic E-state index is 0.153. The van der Waals surface area contributed by atoms with Crippen molar-refractivity contribution >= 4 is 17.1 Å². The van der Waals surface area contributed by atoms with Crippen LogP contribution < -0.4 is 0 Å². The third kappa shape index (κ3) is 6.48. The number of nitrogens with zero attached hydrogens (tertiary/aromatic N) is 3. The molecule has 3 heterocycles. The minimum atomic E-state index is 0.153. The lowest BCUT2D eigenvalue weighted by atomic mass is 9.95. The normalized spacial score (nSPS) is 16.0. The molecule has 0 radical (unpaired) electrons. The van der Waals surface area contributed by atoms with E-state index in [1.807, 2.05) is 12.4 Å². The van der Waals surface area contributed by atoms with Crippen LogP contribution in [0.1, 0.15) is 40.6 Å². The topological polar surface area (TPSA) is 45.7 Å². The fraction of sp³-hybridized carbons (Fsp3) is 0.545. The van der Waals surface area contributed by atoms with E-state index in [-0.39, 0.29) is 5.78 Å². The molecule has 3 rings (SSSR count). The smallest absolute Gasteiger partial charge is 0.169 e. The Morgan fingerprint density at radius 3 is 2.61 bits per heavy atom. The second kappa shape index (κ2) is 10.8. The lowest BCUT2D eigenvalue weighted by Crippen LogP contribution is -2.39. The van der Waals surface area contributed by atoms with Crippen LogP contribution in [0, 0.1) is 5.92 Å². The van der Waals surface area contributed by atoms with Gasteiger partial charge in [-0.25, -0.2) is 0 Å². The molecule has 2 aromatic rings. The molecular formula is C22H31N3O2S. The van der Waals surface area contributed by atoms with Crippen LogP contribution in [0.25, 0.3) is 0 Å². The van der Waals surface area contributed by atoms with Crippen LogP contribution in [0.15, 0.2) is 36.0 Å². The second-order valence-corrected chi connectivity index (χ2v) is 8.59. The van der Waals surface area contributed by atoms with Gasteiger partial charge in [-0.3, -0.25) is 14.7 Å². The minimum Gasteiger partial charge on any atom is -0.383 e. The number of aromatic nitrogens is 1. The summed E-state index contributed by atoms with van der Waals surface area (Å²) in [6, 6.07) is 6.24. The highest BCUT2D eigenvalue weighted by Gasteiger charge is 2.22. The average Bonchev–Trinajstić information content (AvgIpc) is 3.17. The molecule has 0 aromatic carbocycles. The summed E-state index contributed by atoms with van der Waals surface area (Å²) in [4.78, 5) is 21.7. The molecule has 152 valence electrons. The number of Topliss-reactive ketones (excluding diaryl/α,β-unsaturated/α-hetero) is 1. The molecule has 0 aliphatic carbocycles. The molecule has 1 aliphatic heterocycles. The van der Waals surface area contributed by atoms with Crippen molar-refractivity contribution in [3.63, 3.8) is 0 Å². The van der Waals surface area contributed by atoms with Gasteiger partial charge in [0.15, 0.2) is 5.78 Å². The number of pyridine rings is 1. The predicted octanol–water partition coefficient (Wildman–Crippen LogP) is 3.71. The first-order valence-electron chi connectivity index (χ1n) is 10.0. The maximum atomic E-state index is 11.6. The molecule has 28 heavy (non-hydrogen) atoms. The van der Waals surface area contributed by atoms with E-state index in [1.165, 1.54) is 24.0 Å². The highest BCUT2D eigenvalue weighted by Crippen LogP contribution is 2.22. The van der Waals surface area contributed by atoms with Crippen LogP contribution in [-0.4, -0.2) is 60.5 Å². The summed E-state index contributed by atoms with van der Waals surface area (Å²) in [5.41, 5.74) is 2.52. The van der Waals surface area contributed by atoms with Gasteiger partial charge in [-0.1, -0.05) is 0 Å². The molecule has 0 spiro atoms. The molecule has 5 nitrogen and oxygen atoms in total. The van der Waals surface area contributed by atoms with Gasteiger partial charge < -0.3 is 9.64 Å². The largest absolute Gasteiger partial charge is 0.383 e. The first-order chi connectivity index (χ1) is 13.6. The molecule has 6 heteroatoms. The summed E-state index contributed by atoms with van der Waals surface area (Å²) in [5, 5.41) is 2.13. The van der Waals surface area contributed by atoms with Crippen LogP contribution in [0.3, 0.4) is 0 Å². The van der Waals surface area contributed by atoms with E-state index in [1.54, 1.807) is 25.4 Å². The fourth-order valence-electron chi connectivity index (χ4n) is 3.81. The lowest BCUT2D eigenvalue weighted by molar-refractivity contribution is 0.102. The van der Waals surface area contributed by atoms with E-state index in [0.29, 0.717) is 5.92 Å². The van der Waals surface area contributed by atoms with Crippen LogP contribution in [-0.2, 0) is 17.8 Å². The van der Waals surface area contributed by atoms with Crippen molar-refractivity contribution in [3.05, 3.63) is 52.0 Å². The van der Waals surface area contributed by atoms with Crippen molar-refractivity contribution in [2.24, 2.45) is 5.92 Å². The van der Waals surface area contributed by atoms with E-state index in [4.69, 9.17) is 4.74 Å². The van der Waals surface area contributed by atoms with Gasteiger partial charge in [-0.2, -0.15) is 0 Å². The molecule has 0 amide bonds. The van der Waals surface area contributed by atoms with Gasteiger partial charge in [0.05, 0.1) is 11.5 Å². The average molecular weight is 402 g/mol. The van der Waals surface area contributed by atoms with Crippen LogP contribution >= 0.6 is 11.3 Å². The summed E-state index contributed by atoms with van der Waals surface area (Å²) in [7, 11) is 1.77. The molecule has 0 N–H and O–H groups in total. The molecule has 0 unspecified atom stereocenters. The fourth-order valence-corrected chi connectivity index (χ4v) is 4.62. The van der Waals surface area contributed by atoms with E-state index in [0.717, 1.165) is 50.8 Å². The number of piperidine rings is 1. The van der Waals surface area contributed by atoms with Gasteiger partial charge in [-0.05, 0) is 73.5 Å². The molecule has 1 aliphatic rings. The number of ketones is 1. The van der Waals surface area contributed by atoms with Gasteiger partial charge in [0, 0.05) is 45.7 Å². The molecule has 1 saturated heterocycles. The SMILES string of the molecule is COCCN1CCC(CN(Cc2ccncc2)Cc2csc(C(C)=O)c2)CC1. The summed E-state index contributed by atoms with van der Waals surface area (Å²) in [6.45, 7) is 8.69. The van der Waals surface area contributed by atoms with E-state index < -0.39 is 0 Å². The van der Waals surface area contributed by atoms with Crippen molar-refractivity contribution in [1.82, 2.24) is 14.8 Å². The van der Waals surface area contributed by atoms with E-state index in [9.17, 15) is 4.79 Å². The zero-order valence-electron chi connectivity index (χ0n) is 17.0. The molecule has 0 atom stereocenters. The highest BCUT2D eigenvalue weighted by atomic mass is 32.1. The number of carbonyl (C=O) groups excluding carboxylic acids is 1. The van der Waals surface area contributed by atoms with Gasteiger partial charge >= 0.3 is 0 Å². The summed E-state index contributed by atoms with van der Waals surface area (Å²) >= 11 is 1.56. The lowest BCUT2D eigenvalue weighted by Gasteiger charge is -2.34. The van der Waals surface area contributed by atoms with E-state index in [2.05, 4.69) is 38.4 Å². The summed E-state index contributed by atoms with van der Waals surface area (Å²) in [5.74, 6) is 0.868. The third-order valence-electron chi connectivity index (χ3n) is 5.40. The van der Waals surface area contributed by atoms with Gasteiger partial charge in [0.2, 0.25) is 0 Å². The molecule has 1 fully saturated rings. The van der Waals surface area contributed by atoms with Crippen LogP contribution in [0.5, 0.6) is 0 Å². The molecule has 2 aromatic heterocycles. The van der Waals surface area contributed by atoms with Crippen molar-refractivity contribution < 1.29 is 9.53 Å². The van der Waals surface area contributed by atoms with Gasteiger partial charge in [0.25, 0.3) is 0 Å². The van der Waals surface area contributed by atoms with Crippen LogP contribution in [0.4, 0.5) is 0 Å². The van der Waals surface area contributed by atoms with Crippen molar-refractivity contribution in [2.75, 3.05) is 39.9 Å². The number of methoxy groups -OCH3 is 1. The number of hydrogen-bond donors (Lipinski definition) is 0. The Balaban J connectivity index is 1.60. The standard InChI is InChI=1S/C22H31N3O2S/c1-18(26)22-13-21(17-28-22)16-25(14-19-3-7-23-8-4-19)15-20-5-9-24(10-6-20)11-12-27-2/h3-4,7-8,13,17,20H,5-6,9-12,14-16H2,1-2H3. The Morgan fingerprint density at radius 2 is 1.96 bits per heavy atom. The zero-order chi connectivity index (χ0) is 19.8. The Hall–Kier alpha value is -1.60. The number of thiophene rings is 1. The first-order valence-corrected chi connectivity index (χ1v) is 10.9. The predicted molar refractivity (Wildman–Crippen MR) is 114 cm³/mol. The Labute approximate surface area is 172 Å². The van der Waals surface area contributed by atoms with Crippen molar-refractivity contribution in [3.8, 4) is 0 Å².